The Morgan fingerprint density at radius 3 is 2.70 bits per heavy atom. The van der Waals surface area contributed by atoms with Gasteiger partial charge >= 0.3 is 0 Å². The first-order chi connectivity index (χ1) is 11.3. The first-order valence-corrected chi connectivity index (χ1v) is 8.76. The Balaban J connectivity index is 1.71. The molecule has 0 aliphatic carbocycles. The van der Waals surface area contributed by atoms with Crippen molar-refractivity contribution in [2.75, 3.05) is 18.0 Å². The fourth-order valence-electron chi connectivity index (χ4n) is 2.87. The van der Waals surface area contributed by atoms with Crippen molar-refractivity contribution in [2.45, 2.75) is 25.8 Å². The number of aromatic nitrogens is 1. The van der Waals surface area contributed by atoms with Gasteiger partial charge < -0.3 is 10.2 Å². The predicted octanol–water partition coefficient (Wildman–Crippen LogP) is 3.76. The van der Waals surface area contributed by atoms with Crippen LogP contribution in [-0.4, -0.2) is 24.0 Å². The van der Waals surface area contributed by atoms with Gasteiger partial charge in [0.05, 0.1) is 5.56 Å². The number of hydrogen-bond acceptors (Lipinski definition) is 3. The number of nitrogens with one attached hydrogen (secondary N) is 1. The van der Waals surface area contributed by atoms with E-state index < -0.39 is 0 Å². The van der Waals surface area contributed by atoms with Crippen LogP contribution in [0.1, 0.15) is 35.2 Å². The second-order valence-electron chi connectivity index (χ2n) is 5.70. The number of amides is 1. The van der Waals surface area contributed by atoms with E-state index in [0.29, 0.717) is 12.1 Å². The van der Waals surface area contributed by atoms with Crippen molar-refractivity contribution >= 4 is 27.7 Å². The average Bonchev–Trinajstić information content (AvgIpc) is 2.61. The lowest BCUT2D eigenvalue weighted by Gasteiger charge is -2.29. The first kappa shape index (κ1) is 16.0. The maximum absolute atomic E-state index is 12.4. The molecule has 0 atom stereocenters. The van der Waals surface area contributed by atoms with Gasteiger partial charge in [-0.1, -0.05) is 18.2 Å². The molecule has 2 heterocycles. The van der Waals surface area contributed by atoms with Gasteiger partial charge in [0.1, 0.15) is 5.82 Å². The van der Waals surface area contributed by atoms with Crippen LogP contribution in [0.2, 0.25) is 0 Å². The molecule has 5 heteroatoms. The van der Waals surface area contributed by atoms with E-state index in [1.165, 1.54) is 19.3 Å². The van der Waals surface area contributed by atoms with Gasteiger partial charge in [0.25, 0.3) is 5.91 Å². The van der Waals surface area contributed by atoms with Crippen molar-refractivity contribution in [3.05, 3.63) is 58.2 Å². The monoisotopic (exact) mass is 373 g/mol. The molecule has 0 unspecified atom stereocenters. The number of nitrogens with zero attached hydrogens (tertiary/aromatic N) is 2. The Hall–Kier alpha value is -1.88. The quantitative estimate of drug-likeness (QED) is 0.886. The average molecular weight is 374 g/mol. The van der Waals surface area contributed by atoms with Gasteiger partial charge in [-0.15, -0.1) is 0 Å². The van der Waals surface area contributed by atoms with Crippen LogP contribution < -0.4 is 10.2 Å². The van der Waals surface area contributed by atoms with Gasteiger partial charge in [-0.2, -0.15) is 0 Å². The van der Waals surface area contributed by atoms with Crippen molar-refractivity contribution < 1.29 is 4.79 Å². The highest BCUT2D eigenvalue weighted by Gasteiger charge is 2.16. The SMILES string of the molecule is O=C(NCc1cccnc1N1CCCCC1)c1ccccc1Br. The van der Waals surface area contributed by atoms with Gasteiger partial charge in [-0.3, -0.25) is 4.79 Å². The molecule has 1 amide bonds. The second-order valence-corrected chi connectivity index (χ2v) is 6.55. The summed E-state index contributed by atoms with van der Waals surface area (Å²) in [6.45, 7) is 2.57. The third kappa shape index (κ3) is 3.91. The molecule has 0 spiro atoms. The zero-order valence-corrected chi connectivity index (χ0v) is 14.6. The van der Waals surface area contributed by atoms with Crippen molar-refractivity contribution in [1.82, 2.24) is 10.3 Å². The molecule has 0 radical (unpaired) electrons. The van der Waals surface area contributed by atoms with E-state index in [0.717, 1.165) is 28.9 Å². The van der Waals surface area contributed by atoms with Gasteiger partial charge in [-0.25, -0.2) is 4.98 Å². The number of rotatable bonds is 4. The highest BCUT2D eigenvalue weighted by molar-refractivity contribution is 9.10. The van der Waals surface area contributed by atoms with Crippen molar-refractivity contribution in [2.24, 2.45) is 0 Å². The minimum Gasteiger partial charge on any atom is -0.356 e. The molecule has 1 aromatic carbocycles. The Labute approximate surface area is 145 Å². The van der Waals surface area contributed by atoms with Gasteiger partial charge in [0, 0.05) is 35.9 Å². The van der Waals surface area contributed by atoms with E-state index in [1.807, 2.05) is 42.6 Å². The van der Waals surface area contributed by atoms with Crippen LogP contribution in [0.4, 0.5) is 5.82 Å². The summed E-state index contributed by atoms with van der Waals surface area (Å²) < 4.78 is 0.806. The van der Waals surface area contributed by atoms with Crippen molar-refractivity contribution in [1.29, 1.82) is 0 Å². The summed E-state index contributed by atoms with van der Waals surface area (Å²) in [5.41, 5.74) is 1.71. The zero-order chi connectivity index (χ0) is 16.1. The summed E-state index contributed by atoms with van der Waals surface area (Å²) in [4.78, 5) is 19.2. The lowest BCUT2D eigenvalue weighted by molar-refractivity contribution is 0.0950. The predicted molar refractivity (Wildman–Crippen MR) is 95.6 cm³/mol. The van der Waals surface area contributed by atoms with Crippen LogP contribution in [0, 0.1) is 0 Å². The summed E-state index contributed by atoms with van der Waals surface area (Å²) in [6.07, 6.45) is 5.53. The summed E-state index contributed by atoms with van der Waals surface area (Å²) in [5.74, 6) is 0.922. The topological polar surface area (TPSA) is 45.2 Å². The Kier molecular flexibility index (Phi) is 5.28. The van der Waals surface area contributed by atoms with E-state index in [9.17, 15) is 4.79 Å². The van der Waals surface area contributed by atoms with Crippen LogP contribution in [0.15, 0.2) is 47.1 Å². The Morgan fingerprint density at radius 1 is 1.13 bits per heavy atom. The number of hydrogen-bond donors (Lipinski definition) is 1. The minimum absolute atomic E-state index is 0.0778. The molecule has 1 saturated heterocycles. The largest absolute Gasteiger partial charge is 0.356 e. The molecule has 1 fully saturated rings. The number of pyridine rings is 1. The lowest BCUT2D eigenvalue weighted by Crippen LogP contribution is -2.32. The van der Waals surface area contributed by atoms with E-state index in [4.69, 9.17) is 0 Å². The number of benzene rings is 1. The number of carbonyl (C=O) groups excluding carboxylic acids is 1. The Morgan fingerprint density at radius 2 is 1.91 bits per heavy atom. The summed E-state index contributed by atoms with van der Waals surface area (Å²) in [7, 11) is 0. The number of halogens is 1. The highest BCUT2D eigenvalue weighted by atomic mass is 79.9. The highest BCUT2D eigenvalue weighted by Crippen LogP contribution is 2.22. The fraction of sp³-hybridized carbons (Fsp3) is 0.333. The molecule has 120 valence electrons. The van der Waals surface area contributed by atoms with E-state index in [2.05, 4.69) is 31.1 Å². The smallest absolute Gasteiger partial charge is 0.252 e. The van der Waals surface area contributed by atoms with Crippen LogP contribution in [0.5, 0.6) is 0 Å². The van der Waals surface area contributed by atoms with E-state index >= 15 is 0 Å². The van der Waals surface area contributed by atoms with Crippen LogP contribution in [0.25, 0.3) is 0 Å². The molecule has 4 nitrogen and oxygen atoms in total. The van der Waals surface area contributed by atoms with Crippen molar-refractivity contribution in [3.8, 4) is 0 Å². The second kappa shape index (κ2) is 7.59. The molecule has 0 saturated carbocycles. The molecular formula is C18H20BrN3O. The molecule has 0 bridgehead atoms. The number of piperidine rings is 1. The van der Waals surface area contributed by atoms with Gasteiger partial charge in [-0.05, 0) is 53.4 Å². The Bertz CT molecular complexity index is 683. The van der Waals surface area contributed by atoms with Gasteiger partial charge in [0.15, 0.2) is 0 Å². The van der Waals surface area contributed by atoms with Crippen molar-refractivity contribution in [3.63, 3.8) is 0 Å². The third-order valence-electron chi connectivity index (χ3n) is 4.08. The molecule has 1 aromatic heterocycles. The third-order valence-corrected chi connectivity index (χ3v) is 4.77. The van der Waals surface area contributed by atoms with Crippen LogP contribution in [0.3, 0.4) is 0 Å². The van der Waals surface area contributed by atoms with E-state index in [-0.39, 0.29) is 5.91 Å². The summed E-state index contributed by atoms with van der Waals surface area (Å²) in [5, 5.41) is 3.00. The summed E-state index contributed by atoms with van der Waals surface area (Å²) in [6, 6.07) is 11.4. The molecular weight excluding hydrogens is 354 g/mol. The maximum Gasteiger partial charge on any atom is 0.252 e. The number of carbonyl (C=O) groups is 1. The zero-order valence-electron chi connectivity index (χ0n) is 13.0. The summed E-state index contributed by atoms with van der Waals surface area (Å²) >= 11 is 3.42. The molecule has 1 N–H and O–H groups in total. The van der Waals surface area contributed by atoms with Crippen LogP contribution >= 0.6 is 15.9 Å². The first-order valence-electron chi connectivity index (χ1n) is 7.97. The molecule has 1 aliphatic rings. The standard InChI is InChI=1S/C18H20BrN3O/c19-16-9-3-2-8-15(16)18(23)21-13-14-7-6-10-20-17(14)22-11-4-1-5-12-22/h2-3,6-10H,1,4-5,11-13H2,(H,21,23). The molecule has 2 aromatic rings. The van der Waals surface area contributed by atoms with Gasteiger partial charge in [0.2, 0.25) is 0 Å². The maximum atomic E-state index is 12.4. The van der Waals surface area contributed by atoms with E-state index in [1.54, 1.807) is 0 Å². The van der Waals surface area contributed by atoms with Crippen LogP contribution in [-0.2, 0) is 6.54 Å². The molecule has 23 heavy (non-hydrogen) atoms. The number of anilines is 1. The lowest BCUT2D eigenvalue weighted by atomic mass is 10.1. The minimum atomic E-state index is -0.0778. The normalized spacial score (nSPS) is 14.6. The molecule has 1 aliphatic heterocycles. The molecule has 3 rings (SSSR count). The fourth-order valence-corrected chi connectivity index (χ4v) is 3.34.